The van der Waals surface area contributed by atoms with Crippen LogP contribution in [0.4, 0.5) is 0 Å². The van der Waals surface area contributed by atoms with Gasteiger partial charge in [-0.3, -0.25) is 9.36 Å². The highest BCUT2D eigenvalue weighted by molar-refractivity contribution is 6.41. The fourth-order valence-corrected chi connectivity index (χ4v) is 3.36. The molecule has 0 radical (unpaired) electrons. The number of pyridine rings is 1. The van der Waals surface area contributed by atoms with Gasteiger partial charge in [0.2, 0.25) is 5.28 Å². The molecule has 130 valence electrons. The summed E-state index contributed by atoms with van der Waals surface area (Å²) < 4.78 is 11.9. The normalized spacial score (nSPS) is 11.0. The third-order valence-electron chi connectivity index (χ3n) is 3.76. The van der Waals surface area contributed by atoms with Gasteiger partial charge < -0.3 is 9.47 Å². The molecule has 0 bridgehead atoms. The molecule has 6 nitrogen and oxygen atoms in total. The van der Waals surface area contributed by atoms with Crippen molar-refractivity contribution in [2.45, 2.75) is 0 Å². The number of rotatable bonds is 3. The Hall–Kier alpha value is -2.02. The monoisotopic (exact) mass is 399 g/mol. The molecule has 3 aromatic rings. The van der Waals surface area contributed by atoms with Gasteiger partial charge in [-0.05, 0) is 17.7 Å². The molecule has 9 heteroatoms. The highest BCUT2D eigenvalue weighted by Gasteiger charge is 2.22. The Morgan fingerprint density at radius 3 is 2.20 bits per heavy atom. The van der Waals surface area contributed by atoms with Crippen LogP contribution in [0.3, 0.4) is 0 Å². The lowest BCUT2D eigenvalue weighted by atomic mass is 10.0. The van der Waals surface area contributed by atoms with Gasteiger partial charge in [-0.1, -0.05) is 23.2 Å². The largest absolute Gasteiger partial charge is 0.495 e. The molecular weight excluding hydrogens is 389 g/mol. The Morgan fingerprint density at radius 1 is 1.04 bits per heavy atom. The second kappa shape index (κ2) is 6.71. The van der Waals surface area contributed by atoms with E-state index in [4.69, 9.17) is 44.3 Å². The number of halogens is 3. The van der Waals surface area contributed by atoms with Gasteiger partial charge in [-0.25, -0.2) is 4.98 Å². The summed E-state index contributed by atoms with van der Waals surface area (Å²) in [6.45, 7) is 0. The molecule has 3 rings (SSSR count). The van der Waals surface area contributed by atoms with E-state index >= 15 is 0 Å². The van der Waals surface area contributed by atoms with Crippen LogP contribution in [0.25, 0.3) is 22.2 Å². The van der Waals surface area contributed by atoms with Gasteiger partial charge in [0.05, 0.1) is 29.8 Å². The second-order valence-electron chi connectivity index (χ2n) is 5.12. The molecule has 0 unspecified atom stereocenters. The summed E-state index contributed by atoms with van der Waals surface area (Å²) >= 11 is 18.6. The molecule has 0 fully saturated rings. The van der Waals surface area contributed by atoms with E-state index in [0.717, 1.165) is 0 Å². The van der Waals surface area contributed by atoms with Crippen LogP contribution < -0.4 is 15.0 Å². The Kier molecular flexibility index (Phi) is 4.77. The van der Waals surface area contributed by atoms with E-state index in [9.17, 15) is 4.79 Å². The van der Waals surface area contributed by atoms with Crippen LogP contribution in [0.15, 0.2) is 23.1 Å². The molecular formula is C16H12Cl3N3O3. The predicted octanol–water partition coefficient (Wildman–Crippen LogP) is 3.97. The molecule has 0 N–H and O–H groups in total. The van der Waals surface area contributed by atoms with E-state index in [-0.39, 0.29) is 26.5 Å². The number of aromatic nitrogens is 3. The van der Waals surface area contributed by atoms with Crippen molar-refractivity contribution in [3.8, 4) is 22.6 Å². The van der Waals surface area contributed by atoms with Crippen molar-refractivity contribution in [2.24, 2.45) is 7.05 Å². The van der Waals surface area contributed by atoms with Crippen molar-refractivity contribution in [3.05, 3.63) is 44.0 Å². The molecule has 2 aromatic heterocycles. The summed E-state index contributed by atoms with van der Waals surface area (Å²) in [6.07, 6.45) is 1.52. The van der Waals surface area contributed by atoms with Crippen molar-refractivity contribution in [3.63, 3.8) is 0 Å². The summed E-state index contributed by atoms with van der Waals surface area (Å²) in [6, 6.07) is 3.17. The summed E-state index contributed by atoms with van der Waals surface area (Å²) in [5, 5.41) is 1.07. The molecule has 0 aliphatic carbocycles. The maximum absolute atomic E-state index is 12.9. The summed E-state index contributed by atoms with van der Waals surface area (Å²) in [5.74, 6) is 0.680. The third-order valence-corrected chi connectivity index (χ3v) is 4.69. The Balaban J connectivity index is 2.43. The number of methoxy groups -OCH3 is 2. The predicted molar refractivity (Wildman–Crippen MR) is 98.3 cm³/mol. The van der Waals surface area contributed by atoms with Gasteiger partial charge in [0.25, 0.3) is 5.56 Å². The summed E-state index contributed by atoms with van der Waals surface area (Å²) in [4.78, 5) is 20.9. The molecule has 2 heterocycles. The molecule has 25 heavy (non-hydrogen) atoms. The molecule has 0 atom stereocenters. The highest BCUT2D eigenvalue weighted by atomic mass is 35.5. The fourth-order valence-electron chi connectivity index (χ4n) is 2.53. The summed E-state index contributed by atoms with van der Waals surface area (Å²) in [5.41, 5.74) is 0.641. The number of ether oxygens (including phenoxy) is 2. The molecule has 0 saturated heterocycles. The maximum atomic E-state index is 12.9. The van der Waals surface area contributed by atoms with Crippen LogP contribution in [0, 0.1) is 0 Å². The average Bonchev–Trinajstić information content (AvgIpc) is 2.60. The van der Waals surface area contributed by atoms with Gasteiger partial charge >= 0.3 is 0 Å². The topological polar surface area (TPSA) is 66.2 Å². The third kappa shape index (κ3) is 2.90. The van der Waals surface area contributed by atoms with Crippen molar-refractivity contribution in [1.29, 1.82) is 0 Å². The van der Waals surface area contributed by atoms with Gasteiger partial charge in [-0.15, -0.1) is 0 Å². The van der Waals surface area contributed by atoms with Gasteiger partial charge in [-0.2, -0.15) is 4.98 Å². The lowest BCUT2D eigenvalue weighted by molar-refractivity contribution is 0.395. The number of hydrogen-bond acceptors (Lipinski definition) is 5. The lowest BCUT2D eigenvalue weighted by Gasteiger charge is -2.15. The van der Waals surface area contributed by atoms with Gasteiger partial charge in [0.1, 0.15) is 17.1 Å². The Labute approximate surface area is 157 Å². The molecule has 0 saturated carbocycles. The first-order chi connectivity index (χ1) is 11.9. The van der Waals surface area contributed by atoms with Crippen molar-refractivity contribution >= 4 is 45.8 Å². The molecule has 0 amide bonds. The minimum absolute atomic E-state index is 0.0503. The lowest BCUT2D eigenvalue weighted by Crippen LogP contribution is -2.20. The first-order valence-electron chi connectivity index (χ1n) is 7.01. The number of benzene rings is 1. The number of fused-ring (bicyclic) bond motifs is 1. The van der Waals surface area contributed by atoms with Crippen molar-refractivity contribution < 1.29 is 9.47 Å². The van der Waals surface area contributed by atoms with E-state index in [1.807, 2.05) is 0 Å². The van der Waals surface area contributed by atoms with Crippen LogP contribution in [-0.4, -0.2) is 28.8 Å². The van der Waals surface area contributed by atoms with Crippen molar-refractivity contribution in [1.82, 2.24) is 14.5 Å². The molecule has 0 aliphatic heterocycles. The second-order valence-corrected chi connectivity index (χ2v) is 6.22. The standard InChI is InChI=1S/C16H12Cl3N3O3/c1-22-14-7(6-20-16(19)21-14)4-8(15(22)23)11-12(17)9(24-2)5-10(25-3)13(11)18/h4-6H,1-3H3. The Bertz CT molecular complexity index is 1020. The zero-order chi connectivity index (χ0) is 18.3. The SMILES string of the molecule is COc1cc(OC)c(Cl)c(-c2cc3cnc(Cl)nc3n(C)c2=O)c1Cl. The van der Waals surface area contributed by atoms with E-state index in [1.165, 1.54) is 25.0 Å². The molecule has 0 spiro atoms. The van der Waals surface area contributed by atoms with Crippen LogP contribution in [0.5, 0.6) is 11.5 Å². The number of aryl methyl sites for hydroxylation is 1. The molecule has 0 aliphatic rings. The van der Waals surface area contributed by atoms with E-state index in [0.29, 0.717) is 28.1 Å². The minimum Gasteiger partial charge on any atom is -0.495 e. The van der Waals surface area contributed by atoms with Gasteiger partial charge in [0.15, 0.2) is 0 Å². The zero-order valence-corrected chi connectivity index (χ0v) is 15.7. The van der Waals surface area contributed by atoms with Crippen molar-refractivity contribution in [2.75, 3.05) is 14.2 Å². The van der Waals surface area contributed by atoms with Crippen LogP contribution in [0.1, 0.15) is 0 Å². The Morgan fingerprint density at radius 2 is 1.64 bits per heavy atom. The van der Waals surface area contributed by atoms with E-state index in [1.54, 1.807) is 19.2 Å². The molecule has 1 aromatic carbocycles. The summed E-state index contributed by atoms with van der Waals surface area (Å²) in [7, 11) is 4.51. The highest BCUT2D eigenvalue weighted by Crippen LogP contribution is 2.45. The zero-order valence-electron chi connectivity index (χ0n) is 13.4. The number of nitrogens with zero attached hydrogens (tertiary/aromatic N) is 3. The van der Waals surface area contributed by atoms with Gasteiger partial charge in [0, 0.05) is 30.3 Å². The smallest absolute Gasteiger partial charge is 0.259 e. The first kappa shape index (κ1) is 17.8. The quantitative estimate of drug-likeness (QED) is 0.622. The van der Waals surface area contributed by atoms with E-state index in [2.05, 4.69) is 9.97 Å². The van der Waals surface area contributed by atoms with E-state index < -0.39 is 0 Å². The van der Waals surface area contributed by atoms with Crippen LogP contribution >= 0.6 is 34.8 Å². The first-order valence-corrected chi connectivity index (χ1v) is 8.15. The van der Waals surface area contributed by atoms with Crippen LogP contribution in [-0.2, 0) is 7.05 Å². The fraction of sp³-hybridized carbons (Fsp3) is 0.188. The minimum atomic E-state index is -0.346. The van der Waals surface area contributed by atoms with Crippen LogP contribution in [0.2, 0.25) is 15.3 Å². The average molecular weight is 401 g/mol. The number of hydrogen-bond donors (Lipinski definition) is 0. The maximum Gasteiger partial charge on any atom is 0.259 e.